The molecule has 4 aromatic carbocycles. The summed E-state index contributed by atoms with van der Waals surface area (Å²) in [4.78, 5) is 35.5. The molecular formula is C35H28Br2N2O2S. The molecule has 2 spiro atoms. The average molecular weight is 700 g/mol. The van der Waals surface area contributed by atoms with E-state index in [4.69, 9.17) is 0 Å². The van der Waals surface area contributed by atoms with E-state index in [1.807, 2.05) is 54.2 Å². The third-order valence-electron chi connectivity index (χ3n) is 9.88. The molecule has 3 saturated heterocycles. The zero-order valence-corrected chi connectivity index (χ0v) is 27.0. The van der Waals surface area contributed by atoms with E-state index < -0.39 is 11.0 Å². The Morgan fingerprint density at radius 1 is 0.881 bits per heavy atom. The number of hydrogen-bond donors (Lipinski definition) is 0. The zero-order chi connectivity index (χ0) is 28.8. The third kappa shape index (κ3) is 3.49. The van der Waals surface area contributed by atoms with Crippen LogP contribution in [0.25, 0.3) is 16.8 Å². The Morgan fingerprint density at radius 2 is 1.57 bits per heavy atom. The lowest BCUT2D eigenvalue weighted by atomic mass is 9.55. The fourth-order valence-corrected chi connectivity index (χ4v) is 10.4. The third-order valence-corrected chi connectivity index (χ3v) is 12.0. The Bertz CT molecular complexity index is 1820. The molecule has 3 aliphatic heterocycles. The van der Waals surface area contributed by atoms with Crippen LogP contribution < -0.4 is 0 Å². The molecule has 0 amide bonds. The number of benzene rings is 4. The molecule has 8 rings (SSSR count). The molecule has 42 heavy (non-hydrogen) atoms. The second-order valence-electron chi connectivity index (χ2n) is 12.0. The van der Waals surface area contributed by atoms with E-state index in [0.717, 1.165) is 59.2 Å². The first-order chi connectivity index (χ1) is 20.4. The minimum atomic E-state index is -1.09. The molecule has 0 saturated carbocycles. The van der Waals surface area contributed by atoms with Gasteiger partial charge < -0.3 is 4.90 Å². The van der Waals surface area contributed by atoms with Gasteiger partial charge in [0.25, 0.3) is 0 Å². The second-order valence-corrected chi connectivity index (χ2v) is 14.8. The predicted molar refractivity (Wildman–Crippen MR) is 177 cm³/mol. The van der Waals surface area contributed by atoms with E-state index in [1.54, 1.807) is 0 Å². The Kier molecular flexibility index (Phi) is 6.26. The topological polar surface area (TPSA) is 40.6 Å². The van der Waals surface area contributed by atoms with Gasteiger partial charge in [-0.2, -0.15) is 0 Å². The molecule has 3 heterocycles. The van der Waals surface area contributed by atoms with Crippen molar-refractivity contribution in [3.63, 3.8) is 0 Å². The van der Waals surface area contributed by atoms with Crippen molar-refractivity contribution in [3.05, 3.63) is 122 Å². The number of likely N-dealkylation sites (N-methyl/N-ethyl adjacent to an activating group) is 1. The fourth-order valence-electron chi connectivity index (χ4n) is 8.53. The van der Waals surface area contributed by atoms with Crippen LogP contribution in [0.5, 0.6) is 0 Å². The lowest BCUT2D eigenvalue weighted by Gasteiger charge is -2.51. The van der Waals surface area contributed by atoms with Gasteiger partial charge in [-0.05, 0) is 64.9 Å². The molecule has 1 aliphatic carbocycles. The number of ketones is 2. The van der Waals surface area contributed by atoms with Crippen LogP contribution in [-0.2, 0) is 10.3 Å². The predicted octanol–water partition coefficient (Wildman–Crippen LogP) is 7.51. The molecule has 4 aromatic rings. The first kappa shape index (κ1) is 27.0. The number of rotatable bonds is 2. The summed E-state index contributed by atoms with van der Waals surface area (Å²) in [6, 6.07) is 28.9. The first-order valence-corrected chi connectivity index (χ1v) is 17.0. The van der Waals surface area contributed by atoms with E-state index in [9.17, 15) is 0 Å². The molecule has 3 fully saturated rings. The molecule has 4 atom stereocenters. The number of carbonyl (C=O) groups excluding carboxylic acids is 2. The highest BCUT2D eigenvalue weighted by Crippen LogP contribution is 2.69. The Balaban J connectivity index is 1.45. The van der Waals surface area contributed by atoms with E-state index in [2.05, 4.69) is 97.2 Å². The summed E-state index contributed by atoms with van der Waals surface area (Å²) in [6.07, 6.45) is 2.05. The van der Waals surface area contributed by atoms with Gasteiger partial charge in [0.15, 0.2) is 11.6 Å². The van der Waals surface area contributed by atoms with E-state index in [0.29, 0.717) is 13.1 Å². The van der Waals surface area contributed by atoms with Crippen molar-refractivity contribution >= 4 is 72.0 Å². The number of fused-ring (bicyclic) bond motifs is 4. The molecule has 4 nitrogen and oxygen atoms in total. The van der Waals surface area contributed by atoms with Crippen molar-refractivity contribution < 1.29 is 9.59 Å². The van der Waals surface area contributed by atoms with Crippen LogP contribution >= 0.6 is 43.6 Å². The summed E-state index contributed by atoms with van der Waals surface area (Å²) in [5.41, 5.74) is 2.51. The SMILES string of the molecule is CN1C/C(=C\c2ccc(Br)cc2)C(=O)[C@@]2(C1)[C@H](c1ccc(Br)cc1)[C@H]1CSCN1[C@]21C(=O)c2cccc3cccc1c23. The Morgan fingerprint density at radius 3 is 2.31 bits per heavy atom. The molecule has 0 radical (unpaired) electrons. The van der Waals surface area contributed by atoms with E-state index in [1.165, 1.54) is 0 Å². The van der Waals surface area contributed by atoms with Crippen molar-refractivity contribution in [1.29, 1.82) is 0 Å². The minimum Gasteiger partial charge on any atom is -0.301 e. The average Bonchev–Trinajstić information content (AvgIpc) is 3.62. The van der Waals surface area contributed by atoms with Crippen LogP contribution in [0.3, 0.4) is 0 Å². The van der Waals surface area contributed by atoms with Crippen molar-refractivity contribution in [2.45, 2.75) is 17.5 Å². The van der Waals surface area contributed by atoms with Gasteiger partial charge in [0.2, 0.25) is 0 Å². The van der Waals surface area contributed by atoms with Crippen molar-refractivity contribution in [2.24, 2.45) is 5.41 Å². The second kappa shape index (κ2) is 9.73. The van der Waals surface area contributed by atoms with Crippen molar-refractivity contribution in [3.8, 4) is 0 Å². The number of piperidine rings is 1. The molecule has 0 N–H and O–H groups in total. The summed E-state index contributed by atoms with van der Waals surface area (Å²) in [5.74, 6) is 1.63. The molecule has 0 aromatic heterocycles. The highest BCUT2D eigenvalue weighted by molar-refractivity contribution is 9.10. The fraction of sp³-hybridized carbons (Fsp3) is 0.257. The summed E-state index contributed by atoms with van der Waals surface area (Å²) >= 11 is 9.03. The summed E-state index contributed by atoms with van der Waals surface area (Å²) in [6.45, 7) is 1.06. The summed E-state index contributed by atoms with van der Waals surface area (Å²) in [5, 5.41) is 2.07. The number of nitrogens with zero attached hydrogens (tertiary/aromatic N) is 2. The maximum atomic E-state index is 15.5. The van der Waals surface area contributed by atoms with Gasteiger partial charge in [0, 0.05) is 56.8 Å². The largest absolute Gasteiger partial charge is 0.301 e. The van der Waals surface area contributed by atoms with Crippen LogP contribution in [0, 0.1) is 5.41 Å². The van der Waals surface area contributed by atoms with Gasteiger partial charge in [0.05, 0.1) is 5.41 Å². The van der Waals surface area contributed by atoms with Crippen LogP contribution in [-0.4, -0.2) is 59.2 Å². The van der Waals surface area contributed by atoms with Crippen LogP contribution in [0.2, 0.25) is 0 Å². The van der Waals surface area contributed by atoms with Gasteiger partial charge in [-0.15, -0.1) is 11.8 Å². The van der Waals surface area contributed by atoms with Gasteiger partial charge in [-0.25, -0.2) is 0 Å². The van der Waals surface area contributed by atoms with Crippen LogP contribution in [0.15, 0.2) is 99.4 Å². The minimum absolute atomic E-state index is 0.0501. The number of halogens is 2. The molecule has 4 aliphatic rings. The highest BCUT2D eigenvalue weighted by atomic mass is 79.9. The van der Waals surface area contributed by atoms with Gasteiger partial charge in [-0.1, -0.05) is 92.5 Å². The number of likely N-dealkylation sites (tertiary alicyclic amines) is 1. The molecule has 210 valence electrons. The quantitative estimate of drug-likeness (QED) is 0.203. The standard InChI is InChI=1S/C35H28Br2N2O2S/c1-38-17-24(16-21-8-12-25(36)13-9-21)32(40)34(19-38)31(23-10-14-26(37)15-11-23)29-18-42-20-39(29)35(34)28-7-3-5-22-4-2-6-27(30(22)28)33(35)41/h2-16,29,31H,17-20H2,1H3/b24-16+/t29-,31-,34-,35-/m1/s1. The maximum absolute atomic E-state index is 15.5. The Labute approximate surface area is 266 Å². The molecular weight excluding hydrogens is 672 g/mol. The smallest absolute Gasteiger partial charge is 0.189 e. The number of thioether (sulfide) groups is 1. The maximum Gasteiger partial charge on any atom is 0.189 e. The first-order valence-electron chi connectivity index (χ1n) is 14.2. The number of Topliss-reactive ketones (excluding diaryl/α,β-unsaturated/α-hetero) is 2. The highest BCUT2D eigenvalue weighted by Gasteiger charge is 2.78. The molecule has 0 unspecified atom stereocenters. The van der Waals surface area contributed by atoms with Crippen molar-refractivity contribution in [1.82, 2.24) is 9.80 Å². The van der Waals surface area contributed by atoms with E-state index in [-0.39, 0.29) is 23.5 Å². The lowest BCUT2D eigenvalue weighted by Crippen LogP contribution is -2.65. The molecule has 0 bridgehead atoms. The van der Waals surface area contributed by atoms with Gasteiger partial charge in [-0.3, -0.25) is 14.5 Å². The summed E-state index contributed by atoms with van der Waals surface area (Å²) in [7, 11) is 2.10. The number of carbonyl (C=O) groups is 2. The van der Waals surface area contributed by atoms with Crippen LogP contribution in [0.1, 0.15) is 33.0 Å². The lowest BCUT2D eigenvalue weighted by molar-refractivity contribution is -0.134. The zero-order valence-electron chi connectivity index (χ0n) is 23.0. The number of hydrogen-bond acceptors (Lipinski definition) is 5. The van der Waals surface area contributed by atoms with Gasteiger partial charge in [0.1, 0.15) is 5.54 Å². The van der Waals surface area contributed by atoms with E-state index >= 15 is 9.59 Å². The summed E-state index contributed by atoms with van der Waals surface area (Å²) < 4.78 is 2.00. The molecule has 7 heteroatoms. The van der Waals surface area contributed by atoms with Gasteiger partial charge >= 0.3 is 0 Å². The van der Waals surface area contributed by atoms with Crippen molar-refractivity contribution in [2.75, 3.05) is 31.8 Å². The monoisotopic (exact) mass is 698 g/mol. The van der Waals surface area contributed by atoms with Crippen LogP contribution in [0.4, 0.5) is 0 Å². The Hall–Kier alpha value is -2.55. The normalized spacial score (nSPS) is 29.9.